The van der Waals surface area contributed by atoms with Gasteiger partial charge in [0.2, 0.25) is 0 Å². The largest absolute Gasteiger partial charge is 0.381 e. The van der Waals surface area contributed by atoms with Crippen LogP contribution in [-0.2, 0) is 11.2 Å². The third kappa shape index (κ3) is 3.06. The lowest BCUT2D eigenvalue weighted by Gasteiger charge is -2.36. The molecule has 1 aromatic heterocycles. The lowest BCUT2D eigenvalue weighted by Crippen LogP contribution is -2.48. The lowest BCUT2D eigenvalue weighted by molar-refractivity contribution is 0.0148. The monoisotopic (exact) mass is 239 g/mol. The zero-order valence-corrected chi connectivity index (χ0v) is 11.1. The first-order valence-electron chi connectivity index (χ1n) is 6.01. The smallest absolute Gasteiger partial charge is 0.0601 e. The highest BCUT2D eigenvalue weighted by atomic mass is 32.1. The van der Waals surface area contributed by atoms with Gasteiger partial charge in [0.15, 0.2) is 0 Å². The van der Waals surface area contributed by atoms with Gasteiger partial charge < -0.3 is 10.1 Å². The van der Waals surface area contributed by atoms with Crippen molar-refractivity contribution in [2.24, 2.45) is 0 Å². The molecule has 1 unspecified atom stereocenters. The highest BCUT2D eigenvalue weighted by molar-refractivity contribution is 7.11. The molecular formula is C13H21NOS. The van der Waals surface area contributed by atoms with E-state index in [0.717, 1.165) is 6.42 Å². The molecule has 90 valence electrons. The van der Waals surface area contributed by atoms with E-state index in [2.05, 4.69) is 31.3 Å². The maximum Gasteiger partial charge on any atom is 0.0601 e. The number of hydrogen-bond donors (Lipinski definition) is 1. The van der Waals surface area contributed by atoms with Crippen LogP contribution in [0.5, 0.6) is 0 Å². The second kappa shape index (κ2) is 5.30. The molecule has 0 aromatic carbocycles. The molecule has 2 nitrogen and oxygen atoms in total. The second-order valence-corrected chi connectivity index (χ2v) is 6.18. The van der Waals surface area contributed by atoms with E-state index in [1.807, 2.05) is 11.3 Å². The van der Waals surface area contributed by atoms with Crippen LogP contribution in [0.25, 0.3) is 0 Å². The molecule has 0 bridgehead atoms. The van der Waals surface area contributed by atoms with Gasteiger partial charge in [0.25, 0.3) is 0 Å². The van der Waals surface area contributed by atoms with Crippen LogP contribution >= 0.6 is 11.3 Å². The van der Waals surface area contributed by atoms with Gasteiger partial charge in [-0.1, -0.05) is 0 Å². The Bertz CT molecular complexity index is 330. The van der Waals surface area contributed by atoms with Crippen LogP contribution in [0.2, 0.25) is 0 Å². The maximum absolute atomic E-state index is 5.28. The molecule has 3 heteroatoms. The number of thiophene rings is 1. The third-order valence-electron chi connectivity index (χ3n) is 3.25. The molecule has 1 fully saturated rings. The van der Waals surface area contributed by atoms with Crippen LogP contribution in [0.3, 0.4) is 0 Å². The molecule has 0 radical (unpaired) electrons. The zero-order valence-electron chi connectivity index (χ0n) is 10.3. The number of ether oxygens (including phenoxy) is 1. The molecule has 0 amide bonds. The first-order chi connectivity index (χ1) is 7.67. The summed E-state index contributed by atoms with van der Waals surface area (Å²) in [6, 6.07) is 5.69. The van der Waals surface area contributed by atoms with Crippen molar-refractivity contribution in [2.45, 2.75) is 51.3 Å². The van der Waals surface area contributed by atoms with E-state index in [4.69, 9.17) is 4.74 Å². The van der Waals surface area contributed by atoms with Crippen molar-refractivity contribution in [1.29, 1.82) is 0 Å². The fourth-order valence-corrected chi connectivity index (χ4v) is 3.27. The molecule has 0 aliphatic heterocycles. The summed E-state index contributed by atoms with van der Waals surface area (Å²) in [4.78, 5) is 2.89. The van der Waals surface area contributed by atoms with Gasteiger partial charge in [-0.3, -0.25) is 0 Å². The van der Waals surface area contributed by atoms with Gasteiger partial charge in [0, 0.05) is 28.9 Å². The summed E-state index contributed by atoms with van der Waals surface area (Å²) in [5.74, 6) is 0. The molecule has 0 saturated heterocycles. The first kappa shape index (κ1) is 12.1. The number of rotatable bonds is 5. The predicted octanol–water partition coefficient (Wildman–Crippen LogP) is 2.75. The van der Waals surface area contributed by atoms with E-state index in [1.165, 1.54) is 22.6 Å². The van der Waals surface area contributed by atoms with E-state index in [9.17, 15) is 0 Å². The second-order valence-electron chi connectivity index (χ2n) is 4.81. The van der Waals surface area contributed by atoms with Crippen molar-refractivity contribution in [1.82, 2.24) is 5.32 Å². The van der Waals surface area contributed by atoms with Gasteiger partial charge in [0.1, 0.15) is 0 Å². The van der Waals surface area contributed by atoms with E-state index in [1.54, 1.807) is 7.11 Å². The van der Waals surface area contributed by atoms with Gasteiger partial charge in [0.05, 0.1) is 6.10 Å². The maximum atomic E-state index is 5.28. The summed E-state index contributed by atoms with van der Waals surface area (Å²) in [6.45, 7) is 4.44. The first-order valence-corrected chi connectivity index (χ1v) is 6.83. The van der Waals surface area contributed by atoms with Crippen LogP contribution in [0, 0.1) is 6.92 Å². The Hall–Kier alpha value is -0.380. The van der Waals surface area contributed by atoms with Crippen molar-refractivity contribution < 1.29 is 4.74 Å². The number of methoxy groups -OCH3 is 1. The minimum atomic E-state index is 0.494. The Kier molecular flexibility index (Phi) is 4.00. The summed E-state index contributed by atoms with van der Waals surface area (Å²) in [5.41, 5.74) is 0. The van der Waals surface area contributed by atoms with Crippen LogP contribution in [-0.4, -0.2) is 25.3 Å². The molecule has 1 heterocycles. The minimum absolute atomic E-state index is 0.494. The Morgan fingerprint density at radius 1 is 1.50 bits per heavy atom. The van der Waals surface area contributed by atoms with E-state index in [-0.39, 0.29) is 0 Å². The molecule has 16 heavy (non-hydrogen) atoms. The van der Waals surface area contributed by atoms with Crippen molar-refractivity contribution in [3.8, 4) is 0 Å². The van der Waals surface area contributed by atoms with Gasteiger partial charge in [-0.15, -0.1) is 11.3 Å². The van der Waals surface area contributed by atoms with Crippen molar-refractivity contribution in [2.75, 3.05) is 7.11 Å². The minimum Gasteiger partial charge on any atom is -0.381 e. The number of hydrogen-bond acceptors (Lipinski definition) is 3. The molecule has 2 rings (SSSR count). The van der Waals surface area contributed by atoms with Gasteiger partial charge >= 0.3 is 0 Å². The Labute approximate surface area is 102 Å². The molecule has 1 aromatic rings. The standard InChI is InChI=1S/C13H21NOS/c1-9(6-13-5-4-10(2)16-13)14-11-7-12(8-11)15-3/h4-5,9,11-12,14H,6-8H2,1-3H3. The molecule has 1 aliphatic carbocycles. The fourth-order valence-electron chi connectivity index (χ4n) is 2.25. The lowest BCUT2D eigenvalue weighted by atomic mass is 9.88. The van der Waals surface area contributed by atoms with Crippen LogP contribution < -0.4 is 5.32 Å². The van der Waals surface area contributed by atoms with E-state index < -0.39 is 0 Å². The van der Waals surface area contributed by atoms with Gasteiger partial charge in [-0.25, -0.2) is 0 Å². The van der Waals surface area contributed by atoms with Crippen LogP contribution in [0.15, 0.2) is 12.1 Å². The zero-order chi connectivity index (χ0) is 11.5. The van der Waals surface area contributed by atoms with Crippen LogP contribution in [0.1, 0.15) is 29.5 Å². The van der Waals surface area contributed by atoms with Crippen LogP contribution in [0.4, 0.5) is 0 Å². The molecule has 1 atom stereocenters. The SMILES string of the molecule is COC1CC(NC(C)Cc2ccc(C)s2)C1. The Balaban J connectivity index is 1.71. The summed E-state index contributed by atoms with van der Waals surface area (Å²) in [5, 5.41) is 3.67. The highest BCUT2D eigenvalue weighted by Gasteiger charge is 2.29. The molecule has 1 saturated carbocycles. The summed E-state index contributed by atoms with van der Waals surface area (Å²) < 4.78 is 5.28. The highest BCUT2D eigenvalue weighted by Crippen LogP contribution is 2.24. The third-order valence-corrected chi connectivity index (χ3v) is 4.27. The normalized spacial score (nSPS) is 26.4. The summed E-state index contributed by atoms with van der Waals surface area (Å²) >= 11 is 1.91. The van der Waals surface area contributed by atoms with Crippen molar-refractivity contribution >= 4 is 11.3 Å². The Morgan fingerprint density at radius 3 is 2.81 bits per heavy atom. The topological polar surface area (TPSA) is 21.3 Å². The van der Waals surface area contributed by atoms with E-state index in [0.29, 0.717) is 18.2 Å². The number of nitrogens with one attached hydrogen (secondary N) is 1. The van der Waals surface area contributed by atoms with Crippen molar-refractivity contribution in [3.63, 3.8) is 0 Å². The summed E-state index contributed by atoms with van der Waals surface area (Å²) in [7, 11) is 1.80. The average molecular weight is 239 g/mol. The molecule has 1 N–H and O–H groups in total. The summed E-state index contributed by atoms with van der Waals surface area (Å²) in [6.07, 6.45) is 3.98. The predicted molar refractivity (Wildman–Crippen MR) is 69.2 cm³/mol. The molecule has 1 aliphatic rings. The molecule has 0 spiro atoms. The fraction of sp³-hybridized carbons (Fsp3) is 0.692. The average Bonchev–Trinajstić information content (AvgIpc) is 2.57. The number of aryl methyl sites for hydroxylation is 1. The van der Waals surface area contributed by atoms with Crippen molar-refractivity contribution in [3.05, 3.63) is 21.9 Å². The molecular weight excluding hydrogens is 218 g/mol. The van der Waals surface area contributed by atoms with Gasteiger partial charge in [-0.2, -0.15) is 0 Å². The Morgan fingerprint density at radius 2 is 2.25 bits per heavy atom. The van der Waals surface area contributed by atoms with E-state index >= 15 is 0 Å². The van der Waals surface area contributed by atoms with Gasteiger partial charge in [-0.05, 0) is 45.2 Å². The quantitative estimate of drug-likeness (QED) is 0.853.